The van der Waals surface area contributed by atoms with Crippen LogP contribution in [-0.2, 0) is 9.47 Å². The molecule has 1 saturated carbocycles. The van der Waals surface area contributed by atoms with Crippen molar-refractivity contribution in [2.24, 2.45) is 0 Å². The van der Waals surface area contributed by atoms with Gasteiger partial charge in [0.05, 0.1) is 13.2 Å². The molecule has 0 atom stereocenters. The second-order valence-electron chi connectivity index (χ2n) is 4.87. The van der Waals surface area contributed by atoms with Gasteiger partial charge in [-0.2, -0.15) is 0 Å². The van der Waals surface area contributed by atoms with Gasteiger partial charge in [-0.05, 0) is 19.3 Å². The van der Waals surface area contributed by atoms with Crippen LogP contribution in [0.15, 0.2) is 0 Å². The lowest BCUT2D eigenvalue weighted by atomic mass is 10.4. The van der Waals surface area contributed by atoms with Crippen LogP contribution in [0.1, 0.15) is 28.9 Å². The summed E-state index contributed by atoms with van der Waals surface area (Å²) in [6, 6.07) is 0.496. The zero-order valence-corrected chi connectivity index (χ0v) is 13.0. The van der Waals surface area contributed by atoms with Crippen molar-refractivity contribution in [1.82, 2.24) is 10.3 Å². The van der Waals surface area contributed by atoms with Gasteiger partial charge in [-0.3, -0.25) is 4.79 Å². The summed E-state index contributed by atoms with van der Waals surface area (Å²) < 4.78 is 10.2. The number of carbonyl (C=O) groups excluding carboxylic acids is 1. The van der Waals surface area contributed by atoms with E-state index in [0.29, 0.717) is 37.3 Å². The normalized spacial score (nSPS) is 14.1. The summed E-state index contributed by atoms with van der Waals surface area (Å²) in [6.07, 6.45) is 3.06. The molecule has 1 aliphatic rings. The van der Waals surface area contributed by atoms with Gasteiger partial charge in [0.1, 0.15) is 10.7 Å². The summed E-state index contributed by atoms with van der Waals surface area (Å²) in [5, 5.41) is 6.79. The van der Waals surface area contributed by atoms with E-state index in [4.69, 9.17) is 15.2 Å². The van der Waals surface area contributed by atoms with Crippen molar-refractivity contribution in [2.75, 3.05) is 44.5 Å². The summed E-state index contributed by atoms with van der Waals surface area (Å²) in [5.74, 6) is 0.114. The monoisotopic (exact) mass is 314 g/mol. The molecule has 0 aromatic carbocycles. The molecule has 0 unspecified atom stereocenters. The number of rotatable bonds is 10. The van der Waals surface area contributed by atoms with E-state index < -0.39 is 0 Å². The predicted octanol–water partition coefficient (Wildman–Crippen LogP) is 1.08. The first-order valence-electron chi connectivity index (χ1n) is 7.08. The number of nitrogen functional groups attached to an aromatic ring is 1. The van der Waals surface area contributed by atoms with E-state index >= 15 is 0 Å². The maximum absolute atomic E-state index is 12.0. The van der Waals surface area contributed by atoms with Crippen LogP contribution in [-0.4, -0.2) is 50.4 Å². The molecule has 21 heavy (non-hydrogen) atoms. The summed E-state index contributed by atoms with van der Waals surface area (Å²) in [6.45, 7) is 2.30. The molecule has 8 heteroatoms. The Labute approximate surface area is 128 Å². The van der Waals surface area contributed by atoms with E-state index in [9.17, 15) is 4.79 Å². The second kappa shape index (κ2) is 8.16. The fourth-order valence-electron chi connectivity index (χ4n) is 1.66. The van der Waals surface area contributed by atoms with E-state index in [1.54, 1.807) is 7.11 Å². The largest absolute Gasteiger partial charge is 0.382 e. The van der Waals surface area contributed by atoms with Gasteiger partial charge >= 0.3 is 0 Å². The molecule has 1 aromatic heterocycles. The van der Waals surface area contributed by atoms with Gasteiger partial charge in [0.25, 0.3) is 5.91 Å². The Bertz CT molecular complexity index is 462. The van der Waals surface area contributed by atoms with Crippen LogP contribution < -0.4 is 16.4 Å². The van der Waals surface area contributed by atoms with Crippen molar-refractivity contribution in [3.63, 3.8) is 0 Å². The Morgan fingerprint density at radius 2 is 2.24 bits per heavy atom. The number of amides is 1. The van der Waals surface area contributed by atoms with Gasteiger partial charge in [-0.15, -0.1) is 0 Å². The first-order valence-corrected chi connectivity index (χ1v) is 7.90. The van der Waals surface area contributed by atoms with Gasteiger partial charge in [0.15, 0.2) is 5.13 Å². The fourth-order valence-corrected chi connectivity index (χ4v) is 2.54. The van der Waals surface area contributed by atoms with Crippen LogP contribution in [0.4, 0.5) is 10.9 Å². The molecule has 0 bridgehead atoms. The van der Waals surface area contributed by atoms with Crippen molar-refractivity contribution in [1.29, 1.82) is 0 Å². The fraction of sp³-hybridized carbons (Fsp3) is 0.692. The first kappa shape index (κ1) is 16.0. The maximum Gasteiger partial charge on any atom is 0.265 e. The van der Waals surface area contributed by atoms with E-state index in [1.807, 2.05) is 0 Å². The zero-order chi connectivity index (χ0) is 15.1. The van der Waals surface area contributed by atoms with Crippen molar-refractivity contribution in [3.05, 3.63) is 4.88 Å². The SMILES string of the molecule is COCCOCCCNC(=O)c1sc(NC2CC2)nc1N. The van der Waals surface area contributed by atoms with Crippen LogP contribution in [0.25, 0.3) is 0 Å². The Hall–Kier alpha value is -1.38. The third-order valence-corrected chi connectivity index (χ3v) is 3.95. The van der Waals surface area contributed by atoms with Crippen LogP contribution >= 0.6 is 11.3 Å². The number of nitrogens with two attached hydrogens (primary N) is 1. The summed E-state index contributed by atoms with van der Waals surface area (Å²) in [5.41, 5.74) is 5.78. The molecule has 1 amide bonds. The third kappa shape index (κ3) is 5.49. The number of hydrogen-bond acceptors (Lipinski definition) is 7. The molecule has 0 aliphatic heterocycles. The molecule has 4 N–H and O–H groups in total. The first-order chi connectivity index (χ1) is 10.2. The third-order valence-electron chi connectivity index (χ3n) is 2.95. The van der Waals surface area contributed by atoms with E-state index in [0.717, 1.165) is 24.4 Å². The zero-order valence-electron chi connectivity index (χ0n) is 12.2. The quantitative estimate of drug-likeness (QED) is 0.559. The number of anilines is 2. The van der Waals surface area contributed by atoms with E-state index in [2.05, 4.69) is 15.6 Å². The predicted molar refractivity (Wildman–Crippen MR) is 82.8 cm³/mol. The van der Waals surface area contributed by atoms with Crippen LogP contribution in [0, 0.1) is 0 Å². The topological polar surface area (TPSA) is 98.5 Å². The average Bonchev–Trinajstić information content (AvgIpc) is 3.19. The van der Waals surface area contributed by atoms with Crippen LogP contribution in [0.2, 0.25) is 0 Å². The number of nitrogens with one attached hydrogen (secondary N) is 2. The Morgan fingerprint density at radius 3 is 2.95 bits per heavy atom. The highest BCUT2D eigenvalue weighted by Crippen LogP contribution is 2.30. The van der Waals surface area contributed by atoms with Crippen LogP contribution in [0.5, 0.6) is 0 Å². The average molecular weight is 314 g/mol. The molecular weight excluding hydrogens is 292 g/mol. The van der Waals surface area contributed by atoms with E-state index in [-0.39, 0.29) is 11.7 Å². The molecule has 2 rings (SSSR count). The lowest BCUT2D eigenvalue weighted by molar-refractivity contribution is 0.0688. The molecule has 0 radical (unpaired) electrons. The highest BCUT2D eigenvalue weighted by molar-refractivity contribution is 7.18. The summed E-state index contributed by atoms with van der Waals surface area (Å²) >= 11 is 1.30. The van der Waals surface area contributed by atoms with Gasteiger partial charge < -0.3 is 25.8 Å². The molecule has 7 nitrogen and oxygen atoms in total. The number of methoxy groups -OCH3 is 1. The van der Waals surface area contributed by atoms with Crippen molar-refractivity contribution < 1.29 is 14.3 Å². The minimum Gasteiger partial charge on any atom is -0.382 e. The lowest BCUT2D eigenvalue weighted by Gasteiger charge is -2.05. The number of carbonyl (C=O) groups is 1. The maximum atomic E-state index is 12.0. The standard InChI is InChI=1S/C13H22N4O3S/c1-19-7-8-20-6-2-5-15-12(18)10-11(14)17-13(21-10)16-9-3-4-9/h9H,2-8,14H2,1H3,(H,15,18)(H,16,17). The summed E-state index contributed by atoms with van der Waals surface area (Å²) in [4.78, 5) is 16.7. The van der Waals surface area contributed by atoms with Gasteiger partial charge in [0, 0.05) is 26.3 Å². The van der Waals surface area contributed by atoms with Crippen molar-refractivity contribution >= 4 is 28.2 Å². The Balaban J connectivity index is 1.66. The number of thiazole rings is 1. The number of nitrogens with zero attached hydrogens (tertiary/aromatic N) is 1. The highest BCUT2D eigenvalue weighted by atomic mass is 32.1. The van der Waals surface area contributed by atoms with Gasteiger partial charge in [-0.1, -0.05) is 11.3 Å². The minimum absolute atomic E-state index is 0.175. The molecule has 1 aromatic rings. The molecular formula is C13H22N4O3S. The number of aromatic nitrogens is 1. The van der Waals surface area contributed by atoms with Crippen LogP contribution in [0.3, 0.4) is 0 Å². The molecule has 0 spiro atoms. The molecule has 1 aliphatic carbocycles. The van der Waals surface area contributed by atoms with Gasteiger partial charge in [0.2, 0.25) is 0 Å². The van der Waals surface area contributed by atoms with Crippen molar-refractivity contribution in [3.8, 4) is 0 Å². The molecule has 1 fully saturated rings. The van der Waals surface area contributed by atoms with Crippen molar-refractivity contribution in [2.45, 2.75) is 25.3 Å². The second-order valence-corrected chi connectivity index (χ2v) is 5.87. The summed E-state index contributed by atoms with van der Waals surface area (Å²) in [7, 11) is 1.63. The van der Waals surface area contributed by atoms with Gasteiger partial charge in [-0.25, -0.2) is 4.98 Å². The Morgan fingerprint density at radius 1 is 1.43 bits per heavy atom. The molecule has 0 saturated heterocycles. The minimum atomic E-state index is -0.175. The lowest BCUT2D eigenvalue weighted by Crippen LogP contribution is -2.25. The van der Waals surface area contributed by atoms with E-state index in [1.165, 1.54) is 11.3 Å². The number of hydrogen-bond donors (Lipinski definition) is 3. The molecule has 118 valence electrons. The Kier molecular flexibility index (Phi) is 6.21. The highest BCUT2D eigenvalue weighted by Gasteiger charge is 2.24. The molecule has 1 heterocycles. The number of ether oxygens (including phenoxy) is 2. The smallest absolute Gasteiger partial charge is 0.265 e.